The van der Waals surface area contributed by atoms with Gasteiger partial charge in [-0.1, -0.05) is 72.8 Å². The van der Waals surface area contributed by atoms with Crippen LogP contribution in [0.1, 0.15) is 17.7 Å². The predicted octanol–water partition coefficient (Wildman–Crippen LogP) is 6.55. The lowest BCUT2D eigenvalue weighted by molar-refractivity contribution is -0.116. The maximum Gasteiger partial charge on any atom is 0.224 e. The van der Waals surface area contributed by atoms with Crippen LogP contribution >= 0.6 is 0 Å². The van der Waals surface area contributed by atoms with Gasteiger partial charge >= 0.3 is 0 Å². The molecule has 3 N–H and O–H groups in total. The van der Waals surface area contributed by atoms with Gasteiger partial charge in [0, 0.05) is 47.0 Å². The van der Waals surface area contributed by atoms with Crippen molar-refractivity contribution in [2.24, 2.45) is 0 Å². The summed E-state index contributed by atoms with van der Waals surface area (Å²) in [6.45, 7) is 0.834. The molecule has 4 aromatic carbocycles. The van der Waals surface area contributed by atoms with Gasteiger partial charge in [0.05, 0.1) is 0 Å². The van der Waals surface area contributed by atoms with Crippen molar-refractivity contribution in [2.45, 2.75) is 19.3 Å². The molecule has 5 aromatic rings. The molecule has 0 saturated carbocycles. The molecule has 33 heavy (non-hydrogen) atoms. The van der Waals surface area contributed by atoms with E-state index in [0.717, 1.165) is 40.8 Å². The zero-order valence-corrected chi connectivity index (χ0v) is 18.5. The molecule has 5 rings (SSSR count). The molecule has 0 unspecified atom stereocenters. The molecule has 4 heteroatoms. The molecule has 1 aromatic heterocycles. The molecule has 0 bridgehead atoms. The van der Waals surface area contributed by atoms with Crippen molar-refractivity contribution in [3.63, 3.8) is 0 Å². The van der Waals surface area contributed by atoms with E-state index in [4.69, 9.17) is 0 Å². The van der Waals surface area contributed by atoms with E-state index in [2.05, 4.69) is 76.3 Å². The first-order valence-corrected chi connectivity index (χ1v) is 11.4. The number of aromatic nitrogens is 1. The second-order valence-electron chi connectivity index (χ2n) is 8.26. The third-order valence-corrected chi connectivity index (χ3v) is 6.09. The number of aryl methyl sites for hydroxylation is 1. The minimum atomic E-state index is 0.0285. The van der Waals surface area contributed by atoms with E-state index < -0.39 is 0 Å². The Bertz CT molecular complexity index is 1390. The van der Waals surface area contributed by atoms with Crippen molar-refractivity contribution < 1.29 is 4.79 Å². The first kappa shape index (κ1) is 20.8. The summed E-state index contributed by atoms with van der Waals surface area (Å²) in [5.74, 6) is 0.0285. The highest BCUT2D eigenvalue weighted by Crippen LogP contribution is 2.24. The first-order chi connectivity index (χ1) is 16.3. The number of fused-ring (bicyclic) bond motifs is 2. The molecule has 0 radical (unpaired) electrons. The summed E-state index contributed by atoms with van der Waals surface area (Å²) in [6, 6.07) is 31.0. The zero-order valence-electron chi connectivity index (χ0n) is 18.5. The summed E-state index contributed by atoms with van der Waals surface area (Å²) >= 11 is 0. The van der Waals surface area contributed by atoms with E-state index in [1.807, 2.05) is 36.5 Å². The Labute approximate surface area is 193 Å². The Hall–Kier alpha value is -4.05. The van der Waals surface area contributed by atoms with Gasteiger partial charge in [-0.15, -0.1) is 0 Å². The minimum absolute atomic E-state index is 0.0285. The summed E-state index contributed by atoms with van der Waals surface area (Å²) in [5, 5.41) is 11.3. The average Bonchev–Trinajstić information content (AvgIpc) is 3.30. The standard InChI is InChI=1S/C29H27N3O/c33-29(32-28-14-6-10-22-8-2-4-12-25(22)28)16-15-26-23(17-19-30-26)18-20-31-27-13-5-9-21-7-1-3-11-24(21)27/h1-14,17,19,30-31H,15-16,18,20H2,(H,32,33). The molecule has 0 saturated heterocycles. The number of hydrogen-bond acceptors (Lipinski definition) is 2. The Balaban J connectivity index is 1.17. The summed E-state index contributed by atoms with van der Waals surface area (Å²) in [6.07, 6.45) is 3.98. The number of H-pyrrole nitrogens is 1. The number of amides is 1. The fourth-order valence-electron chi connectivity index (χ4n) is 4.40. The SMILES string of the molecule is O=C(CCc1[nH]ccc1CCNc1cccc2ccccc12)Nc1cccc2ccccc12. The highest BCUT2D eigenvalue weighted by Gasteiger charge is 2.10. The molecule has 164 valence electrons. The lowest BCUT2D eigenvalue weighted by Gasteiger charge is -2.11. The predicted molar refractivity (Wildman–Crippen MR) is 138 cm³/mol. The van der Waals surface area contributed by atoms with Gasteiger partial charge in [-0.05, 0) is 47.4 Å². The largest absolute Gasteiger partial charge is 0.384 e. The van der Waals surface area contributed by atoms with Gasteiger partial charge < -0.3 is 15.6 Å². The number of carbonyl (C=O) groups is 1. The minimum Gasteiger partial charge on any atom is -0.384 e. The van der Waals surface area contributed by atoms with Crippen molar-refractivity contribution in [1.82, 2.24) is 4.98 Å². The van der Waals surface area contributed by atoms with Crippen LogP contribution in [-0.2, 0) is 17.6 Å². The highest BCUT2D eigenvalue weighted by atomic mass is 16.1. The molecule has 0 spiro atoms. The van der Waals surface area contributed by atoms with Crippen molar-refractivity contribution in [1.29, 1.82) is 0 Å². The van der Waals surface area contributed by atoms with Crippen LogP contribution < -0.4 is 10.6 Å². The molecule has 0 fully saturated rings. The number of benzene rings is 4. The molecule has 0 atom stereocenters. The molecule has 0 aliphatic heterocycles. The van der Waals surface area contributed by atoms with E-state index in [-0.39, 0.29) is 5.91 Å². The number of rotatable bonds is 8. The topological polar surface area (TPSA) is 56.9 Å². The summed E-state index contributed by atoms with van der Waals surface area (Å²) in [4.78, 5) is 16.0. The third-order valence-electron chi connectivity index (χ3n) is 6.09. The second kappa shape index (κ2) is 9.61. The molecule has 0 aliphatic carbocycles. The van der Waals surface area contributed by atoms with Crippen molar-refractivity contribution >= 4 is 38.8 Å². The van der Waals surface area contributed by atoms with Crippen LogP contribution in [-0.4, -0.2) is 17.4 Å². The van der Waals surface area contributed by atoms with Crippen LogP contribution in [0.2, 0.25) is 0 Å². The molecular weight excluding hydrogens is 406 g/mol. The third kappa shape index (κ3) is 4.75. The molecule has 1 amide bonds. The van der Waals surface area contributed by atoms with Crippen LogP contribution in [0.15, 0.2) is 97.2 Å². The van der Waals surface area contributed by atoms with Crippen LogP contribution in [0.4, 0.5) is 11.4 Å². The second-order valence-corrected chi connectivity index (χ2v) is 8.26. The van der Waals surface area contributed by atoms with E-state index >= 15 is 0 Å². The number of hydrogen-bond donors (Lipinski definition) is 3. The van der Waals surface area contributed by atoms with Crippen molar-refractivity contribution in [3.8, 4) is 0 Å². The van der Waals surface area contributed by atoms with E-state index in [1.54, 1.807) is 0 Å². The van der Waals surface area contributed by atoms with Crippen LogP contribution in [0, 0.1) is 0 Å². The Morgan fingerprint density at radius 3 is 2.09 bits per heavy atom. The van der Waals surface area contributed by atoms with E-state index in [9.17, 15) is 4.79 Å². The van der Waals surface area contributed by atoms with E-state index in [0.29, 0.717) is 12.8 Å². The lowest BCUT2D eigenvalue weighted by atomic mass is 10.1. The number of carbonyl (C=O) groups excluding carboxylic acids is 1. The smallest absolute Gasteiger partial charge is 0.224 e. The van der Waals surface area contributed by atoms with Crippen LogP contribution in [0.5, 0.6) is 0 Å². The molecule has 1 heterocycles. The van der Waals surface area contributed by atoms with Gasteiger partial charge in [-0.25, -0.2) is 0 Å². The van der Waals surface area contributed by atoms with Gasteiger partial charge in [-0.2, -0.15) is 0 Å². The molecular formula is C29H27N3O. The van der Waals surface area contributed by atoms with Gasteiger partial charge in [0.15, 0.2) is 0 Å². The maximum atomic E-state index is 12.6. The van der Waals surface area contributed by atoms with Crippen molar-refractivity contribution in [2.75, 3.05) is 17.2 Å². The van der Waals surface area contributed by atoms with Crippen LogP contribution in [0.3, 0.4) is 0 Å². The fraction of sp³-hybridized carbons (Fsp3) is 0.138. The number of anilines is 2. The highest BCUT2D eigenvalue weighted by molar-refractivity contribution is 6.02. The Morgan fingerprint density at radius 1 is 0.697 bits per heavy atom. The number of nitrogens with one attached hydrogen (secondary N) is 3. The summed E-state index contributed by atoms with van der Waals surface area (Å²) < 4.78 is 0. The Morgan fingerprint density at radius 2 is 1.33 bits per heavy atom. The van der Waals surface area contributed by atoms with Gasteiger partial charge in [0.1, 0.15) is 0 Å². The average molecular weight is 434 g/mol. The number of aromatic amines is 1. The summed E-state index contributed by atoms with van der Waals surface area (Å²) in [5.41, 5.74) is 4.40. The fourth-order valence-corrected chi connectivity index (χ4v) is 4.40. The van der Waals surface area contributed by atoms with Gasteiger partial charge in [0.2, 0.25) is 5.91 Å². The zero-order chi connectivity index (χ0) is 22.5. The van der Waals surface area contributed by atoms with Crippen LogP contribution in [0.25, 0.3) is 21.5 Å². The lowest BCUT2D eigenvalue weighted by Crippen LogP contribution is -2.13. The van der Waals surface area contributed by atoms with Gasteiger partial charge in [0.25, 0.3) is 0 Å². The monoisotopic (exact) mass is 433 g/mol. The van der Waals surface area contributed by atoms with Gasteiger partial charge in [-0.3, -0.25) is 4.79 Å². The normalized spacial score (nSPS) is 11.0. The van der Waals surface area contributed by atoms with E-state index in [1.165, 1.54) is 16.3 Å². The molecule has 0 aliphatic rings. The maximum absolute atomic E-state index is 12.6. The summed E-state index contributed by atoms with van der Waals surface area (Å²) in [7, 11) is 0. The van der Waals surface area contributed by atoms with Crippen molar-refractivity contribution in [3.05, 3.63) is 108 Å². The molecule has 4 nitrogen and oxygen atoms in total. The first-order valence-electron chi connectivity index (χ1n) is 11.4. The Kier molecular flexibility index (Phi) is 6.07. The quantitative estimate of drug-likeness (QED) is 0.260.